The van der Waals surface area contributed by atoms with Crippen molar-refractivity contribution >= 4 is 16.7 Å². The van der Waals surface area contributed by atoms with Crippen molar-refractivity contribution in [3.63, 3.8) is 0 Å². The van der Waals surface area contributed by atoms with E-state index in [2.05, 4.69) is 9.97 Å². The number of nitriles is 6. The van der Waals surface area contributed by atoms with Crippen molar-refractivity contribution in [3.8, 4) is 36.4 Å². The summed E-state index contributed by atoms with van der Waals surface area (Å²) in [5, 5.41) is 58.2. The van der Waals surface area contributed by atoms with Gasteiger partial charge in [-0.1, -0.05) is 13.3 Å². The Morgan fingerprint density at radius 1 is 0.517 bits per heavy atom. The van der Waals surface area contributed by atoms with Crippen LogP contribution >= 0.6 is 0 Å². The van der Waals surface area contributed by atoms with Gasteiger partial charge in [0.15, 0.2) is 40.5 Å². The Balaban J connectivity index is 2.52. The van der Waals surface area contributed by atoms with E-state index in [1.807, 2.05) is 0 Å². The van der Waals surface area contributed by atoms with Crippen molar-refractivity contribution in [2.75, 3.05) is 0 Å². The fourth-order valence-corrected chi connectivity index (χ4v) is 5.91. The maximum Gasteiger partial charge on any atom is 0.451 e. The molecule has 0 radical (unpaired) electrons. The van der Waals surface area contributed by atoms with Gasteiger partial charge in [0.05, 0.1) is 22.3 Å². The lowest BCUT2D eigenvalue weighted by atomic mass is 9.91. The summed E-state index contributed by atoms with van der Waals surface area (Å²) in [4.78, 5) is 4.64. The molecule has 1 aliphatic carbocycles. The van der Waals surface area contributed by atoms with Crippen LogP contribution in [0.5, 0.6) is 0 Å². The summed E-state index contributed by atoms with van der Waals surface area (Å²) in [5.41, 5.74) is -25.8. The van der Waals surface area contributed by atoms with Crippen molar-refractivity contribution in [2.24, 2.45) is 0 Å². The maximum absolute atomic E-state index is 15.9. The lowest BCUT2D eigenvalue weighted by Gasteiger charge is -2.21. The molecule has 1 aromatic heterocycles. The second-order valence-electron chi connectivity index (χ2n) is 11.7. The first-order chi connectivity index (χ1) is 26.9. The van der Waals surface area contributed by atoms with Gasteiger partial charge in [0.25, 0.3) is 0 Å². The summed E-state index contributed by atoms with van der Waals surface area (Å²) in [7, 11) is 0. The van der Waals surface area contributed by atoms with E-state index in [-0.39, 0.29) is 6.42 Å². The van der Waals surface area contributed by atoms with Crippen LogP contribution in [0.25, 0.3) is 16.7 Å². The Bertz CT molecular complexity index is 2530. The Labute approximate surface area is 315 Å². The molecule has 2 aromatic carbocycles. The van der Waals surface area contributed by atoms with Gasteiger partial charge in [-0.05, 0) is 36.5 Å². The number of hydrogen-bond donors (Lipinski definition) is 0. The molecule has 0 amide bonds. The lowest BCUT2D eigenvalue weighted by molar-refractivity contribution is -0.159. The van der Waals surface area contributed by atoms with Crippen LogP contribution < -0.4 is 0 Å². The third-order valence-electron chi connectivity index (χ3n) is 8.39. The number of aromatic nitrogens is 2. The second-order valence-corrected chi connectivity index (χ2v) is 11.7. The van der Waals surface area contributed by atoms with Crippen molar-refractivity contribution in [2.45, 2.75) is 51.6 Å². The molecule has 8 nitrogen and oxygen atoms in total. The molecule has 1 saturated carbocycles. The number of alkyl halides is 9. The van der Waals surface area contributed by atoms with Crippen molar-refractivity contribution in [1.82, 2.24) is 9.97 Å². The SMILES string of the molecule is CCCC/C(=C1\C(=C(C#N)c2c(C)c(C#N)c(C#N)c(F)c2F)\C1=C(\C#N)c1c(F)c(F)c(C#N)c(C#N)c1F)c1c(C(F)(F)F)nc(C(F)(F)F)nc1C(F)(F)F. The molecular formula is C36H12F14N8. The number of nitrogens with zero attached hydrogens (tertiary/aromatic N) is 8. The van der Waals surface area contributed by atoms with E-state index in [9.17, 15) is 71.1 Å². The average molecular weight is 823 g/mol. The smallest absolute Gasteiger partial charge is 0.219 e. The number of unbranched alkanes of at least 4 members (excludes halogenated alkanes) is 1. The third kappa shape index (κ3) is 7.13. The van der Waals surface area contributed by atoms with Crippen LogP contribution in [0, 0.1) is 104 Å². The Hall–Kier alpha value is -7.30. The van der Waals surface area contributed by atoms with E-state index >= 15 is 22.0 Å². The van der Waals surface area contributed by atoms with Crippen LogP contribution in [-0.4, -0.2) is 9.97 Å². The van der Waals surface area contributed by atoms with E-state index in [0.29, 0.717) is 0 Å². The molecule has 0 N–H and O–H groups in total. The van der Waals surface area contributed by atoms with Gasteiger partial charge >= 0.3 is 18.5 Å². The maximum atomic E-state index is 15.9. The summed E-state index contributed by atoms with van der Waals surface area (Å²) in [6.07, 6.45) is -20.2. The topological polar surface area (TPSA) is 169 Å². The highest BCUT2D eigenvalue weighted by Gasteiger charge is 2.51. The highest BCUT2D eigenvalue weighted by molar-refractivity contribution is 6.11. The molecule has 4 rings (SSSR count). The highest BCUT2D eigenvalue weighted by atomic mass is 19.4. The van der Waals surface area contributed by atoms with Gasteiger partial charge in [0.1, 0.15) is 53.1 Å². The van der Waals surface area contributed by atoms with Crippen LogP contribution in [0.15, 0.2) is 16.7 Å². The van der Waals surface area contributed by atoms with Crippen LogP contribution in [0.3, 0.4) is 0 Å². The summed E-state index contributed by atoms with van der Waals surface area (Å²) in [6.45, 7) is 2.09. The number of rotatable bonds is 6. The summed E-state index contributed by atoms with van der Waals surface area (Å²) in [5.74, 6) is -14.2. The molecule has 58 heavy (non-hydrogen) atoms. The van der Waals surface area contributed by atoms with Crippen LogP contribution in [0.4, 0.5) is 61.5 Å². The summed E-state index contributed by atoms with van der Waals surface area (Å²) in [6, 6.07) is 6.86. The Kier molecular flexibility index (Phi) is 11.5. The first-order valence-electron chi connectivity index (χ1n) is 15.4. The third-order valence-corrected chi connectivity index (χ3v) is 8.39. The standard InChI is InChI=1S/C36H12F14N8/c1-3-4-5-13(25-31(34(42,43)44)57-33(36(48,49)50)58-32(25)35(45,46)47)21-22(18(10-55)20-12(2)14(6-51)15(7-52)27(38)29(20)40)23(21)19(11-56)24-26(37)16(8-53)17(9-54)28(39)30(24)41/h3-5H2,1-2H3/b21-13-,22-18?,23-19-. The Morgan fingerprint density at radius 2 is 0.914 bits per heavy atom. The largest absolute Gasteiger partial charge is 0.451 e. The molecule has 1 aliphatic rings. The van der Waals surface area contributed by atoms with E-state index in [1.165, 1.54) is 25.1 Å². The summed E-state index contributed by atoms with van der Waals surface area (Å²) < 4.78 is 206. The fourth-order valence-electron chi connectivity index (χ4n) is 5.91. The van der Waals surface area contributed by atoms with Crippen LogP contribution in [0.2, 0.25) is 0 Å². The average Bonchev–Trinajstić information content (AvgIpc) is 3.86. The molecule has 0 spiro atoms. The first kappa shape index (κ1) is 43.4. The number of hydrogen-bond acceptors (Lipinski definition) is 8. The Morgan fingerprint density at radius 3 is 1.29 bits per heavy atom. The highest BCUT2D eigenvalue weighted by Crippen LogP contribution is 2.59. The molecule has 22 heteroatoms. The molecular weight excluding hydrogens is 810 g/mol. The van der Waals surface area contributed by atoms with Gasteiger partial charge in [-0.3, -0.25) is 0 Å². The quantitative estimate of drug-likeness (QED) is 0.134. The van der Waals surface area contributed by atoms with Crippen molar-refractivity contribution < 1.29 is 61.5 Å². The molecule has 294 valence electrons. The number of benzene rings is 2. The minimum atomic E-state index is -6.22. The predicted octanol–water partition coefficient (Wildman–Crippen LogP) is 9.94. The minimum absolute atomic E-state index is 0.148. The van der Waals surface area contributed by atoms with Crippen LogP contribution in [-0.2, 0) is 18.5 Å². The van der Waals surface area contributed by atoms with E-state index in [1.54, 1.807) is 0 Å². The van der Waals surface area contributed by atoms with Crippen LogP contribution in [0.1, 0.15) is 87.9 Å². The van der Waals surface area contributed by atoms with Gasteiger partial charge in [-0.15, -0.1) is 0 Å². The van der Waals surface area contributed by atoms with Gasteiger partial charge in [0, 0.05) is 22.3 Å². The predicted molar refractivity (Wildman–Crippen MR) is 165 cm³/mol. The zero-order valence-electron chi connectivity index (χ0n) is 28.5. The normalized spacial score (nSPS) is 15.3. The first-order valence-corrected chi connectivity index (χ1v) is 15.4. The molecule has 0 unspecified atom stereocenters. The van der Waals surface area contributed by atoms with E-state index in [0.717, 1.165) is 25.1 Å². The van der Waals surface area contributed by atoms with Crippen molar-refractivity contribution in [1.29, 1.82) is 31.6 Å². The molecule has 1 fully saturated rings. The second kappa shape index (κ2) is 15.3. The molecule has 1 heterocycles. The number of allylic oxidation sites excluding steroid dienone is 6. The van der Waals surface area contributed by atoms with E-state index < -0.39 is 156 Å². The number of halogens is 14. The molecule has 0 aliphatic heterocycles. The summed E-state index contributed by atoms with van der Waals surface area (Å²) >= 11 is 0. The van der Waals surface area contributed by atoms with Gasteiger partial charge in [-0.2, -0.15) is 71.1 Å². The van der Waals surface area contributed by atoms with Crippen molar-refractivity contribution in [3.05, 3.63) is 108 Å². The molecule has 0 bridgehead atoms. The minimum Gasteiger partial charge on any atom is -0.219 e. The van der Waals surface area contributed by atoms with Gasteiger partial charge in [0.2, 0.25) is 5.82 Å². The zero-order chi connectivity index (χ0) is 44.0. The lowest BCUT2D eigenvalue weighted by Crippen LogP contribution is -2.25. The van der Waals surface area contributed by atoms with Gasteiger partial charge < -0.3 is 0 Å². The molecule has 3 aromatic rings. The molecule has 0 atom stereocenters. The zero-order valence-corrected chi connectivity index (χ0v) is 28.5. The molecule has 0 saturated heterocycles. The monoisotopic (exact) mass is 822 g/mol. The van der Waals surface area contributed by atoms with Gasteiger partial charge in [-0.25, -0.2) is 31.9 Å². The van der Waals surface area contributed by atoms with E-state index in [4.69, 9.17) is 0 Å². The fraction of sp³-hybridized carbons (Fsp3) is 0.222.